The molecule has 2 heterocycles. The summed E-state index contributed by atoms with van der Waals surface area (Å²) in [5.41, 5.74) is 1.45. The van der Waals surface area contributed by atoms with Gasteiger partial charge in [0.15, 0.2) is 0 Å². The number of pyridine rings is 1. The number of aromatic nitrogens is 1. The number of hydrogen-bond donors (Lipinski definition) is 3. The zero-order chi connectivity index (χ0) is 21.0. The third-order valence-corrected chi connectivity index (χ3v) is 4.70. The van der Waals surface area contributed by atoms with Crippen LogP contribution in [0.15, 0.2) is 48.8 Å². The van der Waals surface area contributed by atoms with Crippen molar-refractivity contribution in [3.05, 3.63) is 59.9 Å². The molecule has 3 N–H and O–H groups in total. The molecular weight excluding hydrogens is 378 g/mol. The average molecular weight is 397 g/mol. The van der Waals surface area contributed by atoms with Gasteiger partial charge in [0.1, 0.15) is 12.1 Å². The van der Waals surface area contributed by atoms with E-state index < -0.39 is 35.8 Å². The highest BCUT2D eigenvalue weighted by Gasteiger charge is 2.38. The zero-order valence-corrected chi connectivity index (χ0v) is 15.3. The molecule has 1 aromatic carbocycles. The van der Waals surface area contributed by atoms with Crippen LogP contribution in [0, 0.1) is 0 Å². The lowest BCUT2D eigenvalue weighted by atomic mass is 10.1. The van der Waals surface area contributed by atoms with Gasteiger partial charge in [0.05, 0.1) is 5.56 Å². The number of nitrogens with zero attached hydrogens (tertiary/aromatic N) is 2. The maximum atomic E-state index is 12.8. The summed E-state index contributed by atoms with van der Waals surface area (Å²) in [5, 5.41) is 21.2. The number of nitrogens with one attached hydrogen (secondary N) is 1. The molecule has 1 aliphatic heterocycles. The largest absolute Gasteiger partial charge is 0.480 e. The van der Waals surface area contributed by atoms with Gasteiger partial charge in [-0.15, -0.1) is 0 Å². The lowest BCUT2D eigenvalue weighted by molar-refractivity contribution is -0.141. The van der Waals surface area contributed by atoms with Gasteiger partial charge in [-0.05, 0) is 30.2 Å². The summed E-state index contributed by atoms with van der Waals surface area (Å²) in [5.74, 6) is -3.54. The lowest BCUT2D eigenvalue weighted by Gasteiger charge is -2.23. The van der Waals surface area contributed by atoms with Crippen molar-refractivity contribution in [2.45, 2.75) is 31.3 Å². The van der Waals surface area contributed by atoms with E-state index in [0.717, 1.165) is 5.56 Å². The maximum Gasteiger partial charge on any atom is 0.327 e. The second kappa shape index (κ2) is 8.51. The highest BCUT2D eigenvalue weighted by atomic mass is 16.4. The van der Waals surface area contributed by atoms with E-state index in [9.17, 15) is 29.4 Å². The zero-order valence-electron chi connectivity index (χ0n) is 15.3. The monoisotopic (exact) mass is 397 g/mol. The van der Waals surface area contributed by atoms with Crippen molar-refractivity contribution in [1.82, 2.24) is 10.3 Å². The van der Waals surface area contributed by atoms with E-state index >= 15 is 0 Å². The summed E-state index contributed by atoms with van der Waals surface area (Å²) in [7, 11) is 0. The minimum atomic E-state index is -1.30. The van der Waals surface area contributed by atoms with E-state index in [1.807, 2.05) is 0 Å². The Morgan fingerprint density at radius 3 is 2.55 bits per heavy atom. The molecule has 0 fully saturated rings. The Hall–Kier alpha value is -3.75. The third kappa shape index (κ3) is 4.40. The van der Waals surface area contributed by atoms with Crippen LogP contribution in [0.4, 0.5) is 5.69 Å². The van der Waals surface area contributed by atoms with Gasteiger partial charge >= 0.3 is 11.9 Å². The first kappa shape index (κ1) is 20.0. The highest BCUT2D eigenvalue weighted by molar-refractivity contribution is 6.02. The van der Waals surface area contributed by atoms with Crippen LogP contribution in [0.25, 0.3) is 0 Å². The number of aliphatic carboxylic acids is 2. The van der Waals surface area contributed by atoms with Gasteiger partial charge in [-0.1, -0.05) is 18.2 Å². The molecule has 0 bridgehead atoms. The SMILES string of the molecule is O=C(N[C@H](CCC(=O)N1c2ccccc2C[C@H]1C(=O)O)C(=O)O)c1cccnc1. The summed E-state index contributed by atoms with van der Waals surface area (Å²) in [6.45, 7) is 0. The first-order valence-electron chi connectivity index (χ1n) is 8.95. The average Bonchev–Trinajstić information content (AvgIpc) is 3.11. The van der Waals surface area contributed by atoms with Crippen molar-refractivity contribution in [2.24, 2.45) is 0 Å². The fourth-order valence-corrected chi connectivity index (χ4v) is 3.28. The molecule has 0 saturated heterocycles. The predicted octanol–water partition coefficient (Wildman–Crippen LogP) is 1.09. The Labute approximate surface area is 166 Å². The Bertz CT molecular complexity index is 946. The quantitative estimate of drug-likeness (QED) is 0.636. The number of rotatable bonds is 7. The molecule has 2 amide bonds. The van der Waals surface area contributed by atoms with Gasteiger partial charge in [0, 0.05) is 30.9 Å². The minimum absolute atomic E-state index is 0.175. The van der Waals surface area contributed by atoms with Crippen LogP contribution in [0.1, 0.15) is 28.8 Å². The third-order valence-electron chi connectivity index (χ3n) is 4.70. The van der Waals surface area contributed by atoms with Crippen molar-refractivity contribution >= 4 is 29.4 Å². The summed E-state index contributed by atoms with van der Waals surface area (Å²) >= 11 is 0. The molecule has 0 aliphatic carbocycles. The number of anilines is 1. The number of benzene rings is 1. The second-order valence-corrected chi connectivity index (χ2v) is 6.60. The Morgan fingerprint density at radius 1 is 1.14 bits per heavy atom. The number of hydrogen-bond acceptors (Lipinski definition) is 5. The second-order valence-electron chi connectivity index (χ2n) is 6.60. The van der Waals surface area contributed by atoms with Gasteiger partial charge < -0.3 is 15.5 Å². The van der Waals surface area contributed by atoms with Crippen LogP contribution in [0.3, 0.4) is 0 Å². The van der Waals surface area contributed by atoms with Crippen LogP contribution in [-0.2, 0) is 20.8 Å². The first-order valence-corrected chi connectivity index (χ1v) is 8.95. The molecule has 3 rings (SSSR count). The molecule has 1 aromatic heterocycles. The molecule has 2 aromatic rings. The summed E-state index contributed by atoms with van der Waals surface area (Å²) in [4.78, 5) is 53.0. The Balaban J connectivity index is 1.69. The van der Waals surface area contributed by atoms with E-state index in [1.54, 1.807) is 30.3 Å². The van der Waals surface area contributed by atoms with E-state index in [1.165, 1.54) is 23.4 Å². The fraction of sp³-hybridized carbons (Fsp3) is 0.250. The summed E-state index contributed by atoms with van der Waals surface area (Å²) < 4.78 is 0. The van der Waals surface area contributed by atoms with Crippen molar-refractivity contribution in [3.63, 3.8) is 0 Å². The predicted molar refractivity (Wildman–Crippen MR) is 101 cm³/mol. The van der Waals surface area contributed by atoms with Gasteiger partial charge in [0.2, 0.25) is 5.91 Å². The topological polar surface area (TPSA) is 137 Å². The molecule has 1 aliphatic rings. The number of para-hydroxylation sites is 1. The molecule has 0 unspecified atom stereocenters. The molecule has 150 valence electrons. The number of carbonyl (C=O) groups is 4. The van der Waals surface area contributed by atoms with Crippen LogP contribution in [0.5, 0.6) is 0 Å². The van der Waals surface area contributed by atoms with Crippen LogP contribution >= 0.6 is 0 Å². The van der Waals surface area contributed by atoms with Crippen LogP contribution in [-0.4, -0.2) is 51.0 Å². The van der Waals surface area contributed by atoms with E-state index in [2.05, 4.69) is 10.3 Å². The van der Waals surface area contributed by atoms with Gasteiger partial charge in [0.25, 0.3) is 5.91 Å². The van der Waals surface area contributed by atoms with Gasteiger partial charge in [-0.2, -0.15) is 0 Å². The van der Waals surface area contributed by atoms with Gasteiger partial charge in [-0.3, -0.25) is 19.5 Å². The van der Waals surface area contributed by atoms with Gasteiger partial charge in [-0.25, -0.2) is 9.59 Å². The summed E-state index contributed by atoms with van der Waals surface area (Å²) in [6, 6.07) is 7.59. The van der Waals surface area contributed by atoms with Crippen molar-refractivity contribution in [1.29, 1.82) is 0 Å². The molecule has 29 heavy (non-hydrogen) atoms. The van der Waals surface area contributed by atoms with Crippen LogP contribution < -0.4 is 10.2 Å². The molecule has 9 nitrogen and oxygen atoms in total. The Kier molecular flexibility index (Phi) is 5.87. The number of carboxylic acid groups (broad SMARTS) is 2. The highest BCUT2D eigenvalue weighted by Crippen LogP contribution is 2.32. The Morgan fingerprint density at radius 2 is 1.90 bits per heavy atom. The molecule has 0 radical (unpaired) electrons. The maximum absolute atomic E-state index is 12.8. The number of carboxylic acids is 2. The smallest absolute Gasteiger partial charge is 0.327 e. The van der Waals surface area contributed by atoms with E-state index in [0.29, 0.717) is 5.69 Å². The molecule has 2 atom stereocenters. The number of amides is 2. The van der Waals surface area contributed by atoms with Crippen molar-refractivity contribution in [2.75, 3.05) is 4.90 Å². The van der Waals surface area contributed by atoms with E-state index in [4.69, 9.17) is 0 Å². The van der Waals surface area contributed by atoms with Crippen molar-refractivity contribution < 1.29 is 29.4 Å². The summed E-state index contributed by atoms with van der Waals surface area (Å²) in [6.07, 6.45) is 2.57. The molecule has 0 saturated carbocycles. The number of fused-ring (bicyclic) bond motifs is 1. The molecular formula is C20H19N3O6. The minimum Gasteiger partial charge on any atom is -0.480 e. The van der Waals surface area contributed by atoms with Crippen molar-refractivity contribution in [3.8, 4) is 0 Å². The molecule has 9 heteroatoms. The van der Waals surface area contributed by atoms with E-state index in [-0.39, 0.29) is 24.8 Å². The van der Waals surface area contributed by atoms with Crippen LogP contribution in [0.2, 0.25) is 0 Å². The lowest BCUT2D eigenvalue weighted by Crippen LogP contribution is -2.45. The molecule has 0 spiro atoms. The fourth-order valence-electron chi connectivity index (χ4n) is 3.28. The first-order chi connectivity index (χ1) is 13.9. The normalized spacial score (nSPS) is 16.0. The number of carbonyl (C=O) groups excluding carboxylic acids is 2. The standard InChI is InChI=1S/C20H19N3O6/c24-17(23-15-6-2-1-4-12(15)10-16(23)20(28)29)8-7-14(19(26)27)22-18(25)13-5-3-9-21-11-13/h1-6,9,11,14,16H,7-8,10H2,(H,22,25)(H,26,27)(H,28,29)/t14-,16+/m1/s1.